The van der Waals surface area contributed by atoms with E-state index in [0.717, 1.165) is 6.54 Å². The molecule has 4 heteroatoms. The monoisotopic (exact) mass is 178 g/mol. The van der Waals surface area contributed by atoms with Crippen LogP contribution in [0.2, 0.25) is 0 Å². The van der Waals surface area contributed by atoms with Gasteiger partial charge in [0.25, 0.3) is 0 Å². The summed E-state index contributed by atoms with van der Waals surface area (Å²) in [4.78, 5) is 2.47. The van der Waals surface area contributed by atoms with E-state index in [4.69, 9.17) is 0 Å². The molecule has 13 heavy (non-hydrogen) atoms. The van der Waals surface area contributed by atoms with E-state index < -0.39 is 0 Å². The minimum absolute atomic E-state index is 0.639. The van der Waals surface area contributed by atoms with Crippen LogP contribution in [0.1, 0.15) is 5.69 Å². The molecule has 2 aliphatic rings. The predicted molar refractivity (Wildman–Crippen MR) is 49.2 cm³/mol. The highest BCUT2D eigenvalue weighted by molar-refractivity contribution is 5.06. The van der Waals surface area contributed by atoms with Crippen molar-refractivity contribution in [2.75, 3.05) is 26.2 Å². The summed E-state index contributed by atoms with van der Waals surface area (Å²) >= 11 is 0. The third-order valence-electron chi connectivity index (χ3n) is 3.07. The number of rotatable bonds is 2. The van der Waals surface area contributed by atoms with Crippen molar-refractivity contribution in [1.82, 2.24) is 20.4 Å². The van der Waals surface area contributed by atoms with Gasteiger partial charge >= 0.3 is 0 Å². The molecule has 2 fully saturated rings. The topological polar surface area (TPSA) is 44.0 Å². The second kappa shape index (κ2) is 2.56. The number of aromatic amines is 1. The Balaban J connectivity index is 1.54. The molecule has 1 aromatic heterocycles. The average molecular weight is 178 g/mol. The van der Waals surface area contributed by atoms with E-state index in [1.165, 1.54) is 31.9 Å². The van der Waals surface area contributed by atoms with Crippen molar-refractivity contribution >= 4 is 0 Å². The van der Waals surface area contributed by atoms with Crippen LogP contribution in [0, 0.1) is 5.41 Å². The number of H-pyrrole nitrogens is 1. The summed E-state index contributed by atoms with van der Waals surface area (Å²) in [6.07, 6.45) is 1.82. The molecule has 0 bridgehead atoms. The van der Waals surface area contributed by atoms with Crippen molar-refractivity contribution in [3.05, 3.63) is 18.0 Å². The Morgan fingerprint density at radius 1 is 1.46 bits per heavy atom. The molecular formula is C9H14N4. The van der Waals surface area contributed by atoms with E-state index >= 15 is 0 Å². The van der Waals surface area contributed by atoms with E-state index in [1.807, 2.05) is 12.3 Å². The van der Waals surface area contributed by atoms with Gasteiger partial charge in [-0.05, 0) is 6.07 Å². The van der Waals surface area contributed by atoms with Crippen LogP contribution in [0.15, 0.2) is 12.3 Å². The molecule has 70 valence electrons. The fourth-order valence-corrected chi connectivity index (χ4v) is 2.33. The fourth-order valence-electron chi connectivity index (χ4n) is 2.33. The number of nitrogens with one attached hydrogen (secondary N) is 2. The lowest BCUT2D eigenvalue weighted by Crippen LogP contribution is -2.70. The van der Waals surface area contributed by atoms with E-state index in [2.05, 4.69) is 20.4 Å². The number of hydrogen-bond acceptors (Lipinski definition) is 3. The Morgan fingerprint density at radius 2 is 2.31 bits per heavy atom. The zero-order chi connectivity index (χ0) is 8.73. The first-order chi connectivity index (χ1) is 6.36. The molecule has 2 saturated heterocycles. The van der Waals surface area contributed by atoms with Crippen LogP contribution in [-0.2, 0) is 6.54 Å². The van der Waals surface area contributed by atoms with Crippen molar-refractivity contribution in [1.29, 1.82) is 0 Å². The summed E-state index contributed by atoms with van der Waals surface area (Å²) in [5.41, 5.74) is 1.86. The van der Waals surface area contributed by atoms with Crippen molar-refractivity contribution in [2.24, 2.45) is 5.41 Å². The minimum Gasteiger partial charge on any atom is -0.315 e. The second-order valence-corrected chi connectivity index (χ2v) is 4.33. The van der Waals surface area contributed by atoms with Gasteiger partial charge in [-0.15, -0.1) is 0 Å². The summed E-state index contributed by atoms with van der Waals surface area (Å²) < 4.78 is 0. The Hall–Kier alpha value is -0.870. The van der Waals surface area contributed by atoms with Gasteiger partial charge in [0, 0.05) is 50.0 Å². The molecule has 2 aliphatic heterocycles. The van der Waals surface area contributed by atoms with E-state index in [-0.39, 0.29) is 0 Å². The molecule has 3 rings (SSSR count). The quantitative estimate of drug-likeness (QED) is 0.660. The fraction of sp³-hybridized carbons (Fsp3) is 0.667. The maximum absolute atomic E-state index is 3.94. The van der Waals surface area contributed by atoms with Gasteiger partial charge in [0.15, 0.2) is 0 Å². The Bertz CT molecular complexity index is 281. The van der Waals surface area contributed by atoms with Crippen LogP contribution >= 0.6 is 0 Å². The minimum atomic E-state index is 0.639. The Kier molecular flexibility index (Phi) is 1.48. The molecule has 3 heterocycles. The van der Waals surface area contributed by atoms with Gasteiger partial charge in [0.1, 0.15) is 0 Å². The molecular weight excluding hydrogens is 164 g/mol. The highest BCUT2D eigenvalue weighted by Crippen LogP contribution is 2.34. The van der Waals surface area contributed by atoms with Crippen molar-refractivity contribution < 1.29 is 0 Å². The summed E-state index contributed by atoms with van der Waals surface area (Å²) in [6.45, 7) is 5.96. The van der Waals surface area contributed by atoms with Crippen molar-refractivity contribution in [2.45, 2.75) is 6.54 Å². The lowest BCUT2D eigenvalue weighted by molar-refractivity contribution is -0.0450. The zero-order valence-electron chi connectivity index (χ0n) is 7.58. The lowest BCUT2D eigenvalue weighted by Gasteiger charge is -2.56. The van der Waals surface area contributed by atoms with Gasteiger partial charge in [0.2, 0.25) is 0 Å². The molecule has 1 aromatic rings. The zero-order valence-corrected chi connectivity index (χ0v) is 7.58. The van der Waals surface area contributed by atoms with Gasteiger partial charge in [-0.25, -0.2) is 0 Å². The Morgan fingerprint density at radius 3 is 2.85 bits per heavy atom. The molecule has 0 unspecified atom stereocenters. The van der Waals surface area contributed by atoms with Crippen LogP contribution in [-0.4, -0.2) is 41.3 Å². The maximum atomic E-state index is 3.94. The van der Waals surface area contributed by atoms with Crippen LogP contribution in [0.5, 0.6) is 0 Å². The highest BCUT2D eigenvalue weighted by Gasteiger charge is 2.47. The SMILES string of the molecule is c1cc(CN2CC3(CNC3)C2)[nH]n1. The Labute approximate surface area is 77.3 Å². The molecule has 4 nitrogen and oxygen atoms in total. The van der Waals surface area contributed by atoms with Crippen LogP contribution in [0.3, 0.4) is 0 Å². The molecule has 2 N–H and O–H groups in total. The third kappa shape index (κ3) is 1.17. The van der Waals surface area contributed by atoms with Crippen molar-refractivity contribution in [3.8, 4) is 0 Å². The number of nitrogens with zero attached hydrogens (tertiary/aromatic N) is 2. The maximum Gasteiger partial charge on any atom is 0.0492 e. The second-order valence-electron chi connectivity index (χ2n) is 4.33. The molecule has 1 spiro atoms. The first-order valence-corrected chi connectivity index (χ1v) is 4.78. The van der Waals surface area contributed by atoms with Gasteiger partial charge in [-0.3, -0.25) is 10.00 Å². The lowest BCUT2D eigenvalue weighted by atomic mass is 9.74. The summed E-state index contributed by atoms with van der Waals surface area (Å²) in [7, 11) is 0. The number of hydrogen-bond donors (Lipinski definition) is 2. The summed E-state index contributed by atoms with van der Waals surface area (Å²) in [6, 6.07) is 2.05. The molecule has 0 aromatic carbocycles. The smallest absolute Gasteiger partial charge is 0.0492 e. The van der Waals surface area contributed by atoms with Gasteiger partial charge < -0.3 is 5.32 Å². The highest BCUT2D eigenvalue weighted by atomic mass is 15.3. The summed E-state index contributed by atoms with van der Waals surface area (Å²) in [5.74, 6) is 0. The van der Waals surface area contributed by atoms with E-state index in [1.54, 1.807) is 0 Å². The molecule has 0 aliphatic carbocycles. The number of likely N-dealkylation sites (tertiary alicyclic amines) is 1. The first-order valence-electron chi connectivity index (χ1n) is 4.78. The van der Waals surface area contributed by atoms with Crippen LogP contribution in [0.25, 0.3) is 0 Å². The molecule has 0 radical (unpaired) electrons. The largest absolute Gasteiger partial charge is 0.315 e. The van der Waals surface area contributed by atoms with Gasteiger partial charge in [0.05, 0.1) is 0 Å². The van der Waals surface area contributed by atoms with E-state index in [0.29, 0.717) is 5.41 Å². The standard InChI is InChI=1S/C9H14N4/c1-2-11-12-8(1)3-13-6-9(7-13)4-10-5-9/h1-2,10H,3-7H2,(H,11,12). The average Bonchev–Trinajstić information content (AvgIpc) is 2.43. The number of aromatic nitrogens is 2. The normalized spacial score (nSPS) is 25.5. The van der Waals surface area contributed by atoms with Gasteiger partial charge in [-0.2, -0.15) is 5.10 Å². The van der Waals surface area contributed by atoms with Crippen LogP contribution < -0.4 is 5.32 Å². The van der Waals surface area contributed by atoms with Crippen LogP contribution in [0.4, 0.5) is 0 Å². The van der Waals surface area contributed by atoms with Crippen molar-refractivity contribution in [3.63, 3.8) is 0 Å². The molecule has 0 saturated carbocycles. The van der Waals surface area contributed by atoms with Gasteiger partial charge in [-0.1, -0.05) is 0 Å². The molecule has 0 amide bonds. The summed E-state index contributed by atoms with van der Waals surface area (Å²) in [5, 5.41) is 10.3. The molecule has 0 atom stereocenters. The first kappa shape index (κ1) is 7.53. The van der Waals surface area contributed by atoms with E-state index in [9.17, 15) is 0 Å². The predicted octanol–water partition coefficient (Wildman–Crippen LogP) is -0.185. The third-order valence-corrected chi connectivity index (χ3v) is 3.07.